The van der Waals surface area contributed by atoms with E-state index in [0.717, 1.165) is 30.4 Å². The first-order chi connectivity index (χ1) is 9.65. The van der Waals surface area contributed by atoms with Crippen LogP contribution < -0.4 is 4.74 Å². The van der Waals surface area contributed by atoms with Crippen LogP contribution in [0, 0.1) is 11.3 Å². The molecule has 0 amide bonds. The van der Waals surface area contributed by atoms with E-state index in [1.54, 1.807) is 12.5 Å². The van der Waals surface area contributed by atoms with Crippen molar-refractivity contribution in [3.05, 3.63) is 43.0 Å². The third-order valence-corrected chi connectivity index (χ3v) is 4.32. The SMILES string of the molecule is CC(C)(CCOc1cccc(-n2ccnc2)c1)C1CC1. The Hall–Kier alpha value is -1.77. The third-order valence-electron chi connectivity index (χ3n) is 4.32. The standard InChI is InChI=1S/C17H22N2O/c1-17(2,14-6-7-14)8-11-20-16-5-3-4-15(12-16)19-10-9-18-13-19/h3-5,9-10,12-14H,6-8,11H2,1-2H3. The minimum absolute atomic E-state index is 0.419. The normalized spacial score (nSPS) is 15.3. The number of rotatable bonds is 6. The number of imidazole rings is 1. The van der Waals surface area contributed by atoms with E-state index in [1.165, 1.54) is 12.8 Å². The fourth-order valence-corrected chi connectivity index (χ4v) is 2.65. The third kappa shape index (κ3) is 3.03. The van der Waals surface area contributed by atoms with Crippen LogP contribution in [0.1, 0.15) is 33.1 Å². The molecule has 0 spiro atoms. The van der Waals surface area contributed by atoms with E-state index >= 15 is 0 Å². The molecule has 2 aromatic rings. The number of benzene rings is 1. The molecule has 0 aliphatic heterocycles. The van der Waals surface area contributed by atoms with Gasteiger partial charge in [0.05, 0.1) is 18.6 Å². The van der Waals surface area contributed by atoms with Gasteiger partial charge in [-0.25, -0.2) is 4.98 Å². The van der Waals surface area contributed by atoms with Gasteiger partial charge in [0.25, 0.3) is 0 Å². The topological polar surface area (TPSA) is 27.1 Å². The molecule has 1 aromatic heterocycles. The lowest BCUT2D eigenvalue weighted by Gasteiger charge is -2.24. The average molecular weight is 270 g/mol. The van der Waals surface area contributed by atoms with Gasteiger partial charge < -0.3 is 9.30 Å². The first kappa shape index (κ1) is 13.2. The minimum Gasteiger partial charge on any atom is -0.493 e. The molecular weight excluding hydrogens is 248 g/mol. The van der Waals surface area contributed by atoms with Gasteiger partial charge >= 0.3 is 0 Å². The smallest absolute Gasteiger partial charge is 0.121 e. The Labute approximate surface area is 120 Å². The maximum absolute atomic E-state index is 5.92. The van der Waals surface area contributed by atoms with Crippen LogP contribution in [-0.4, -0.2) is 16.2 Å². The molecular formula is C17H22N2O. The van der Waals surface area contributed by atoms with Crippen molar-refractivity contribution >= 4 is 0 Å². The van der Waals surface area contributed by atoms with E-state index < -0.39 is 0 Å². The second-order valence-electron chi connectivity index (χ2n) is 6.33. The zero-order valence-corrected chi connectivity index (χ0v) is 12.2. The summed E-state index contributed by atoms with van der Waals surface area (Å²) in [6, 6.07) is 8.16. The van der Waals surface area contributed by atoms with E-state index in [2.05, 4.69) is 31.0 Å². The predicted octanol–water partition coefficient (Wildman–Crippen LogP) is 4.08. The van der Waals surface area contributed by atoms with Crippen LogP contribution in [0.2, 0.25) is 0 Å². The molecule has 0 unspecified atom stereocenters. The molecule has 0 bridgehead atoms. The number of hydrogen-bond donors (Lipinski definition) is 0. The lowest BCUT2D eigenvalue weighted by atomic mass is 9.84. The van der Waals surface area contributed by atoms with E-state index in [9.17, 15) is 0 Å². The maximum atomic E-state index is 5.92. The van der Waals surface area contributed by atoms with Gasteiger partial charge in [0.15, 0.2) is 0 Å². The Balaban J connectivity index is 1.59. The summed E-state index contributed by atoms with van der Waals surface area (Å²) in [7, 11) is 0. The van der Waals surface area contributed by atoms with Gasteiger partial charge in [0.2, 0.25) is 0 Å². The summed E-state index contributed by atoms with van der Waals surface area (Å²) in [6.07, 6.45) is 9.43. The molecule has 1 aliphatic rings. The zero-order chi connectivity index (χ0) is 14.0. The number of ether oxygens (including phenoxy) is 1. The monoisotopic (exact) mass is 270 g/mol. The maximum Gasteiger partial charge on any atom is 0.121 e. The fraction of sp³-hybridized carbons (Fsp3) is 0.471. The molecule has 1 aromatic carbocycles. The largest absolute Gasteiger partial charge is 0.493 e. The second kappa shape index (κ2) is 5.31. The van der Waals surface area contributed by atoms with Crippen LogP contribution in [0.5, 0.6) is 5.75 Å². The van der Waals surface area contributed by atoms with Gasteiger partial charge in [-0.15, -0.1) is 0 Å². The summed E-state index contributed by atoms with van der Waals surface area (Å²) >= 11 is 0. The number of nitrogens with zero attached hydrogens (tertiary/aromatic N) is 2. The molecule has 0 atom stereocenters. The van der Waals surface area contributed by atoms with Crippen LogP contribution in [0.25, 0.3) is 5.69 Å². The van der Waals surface area contributed by atoms with Gasteiger partial charge in [0, 0.05) is 18.5 Å². The highest BCUT2D eigenvalue weighted by atomic mass is 16.5. The Kier molecular flexibility index (Phi) is 3.51. The number of hydrogen-bond acceptors (Lipinski definition) is 2. The van der Waals surface area contributed by atoms with Gasteiger partial charge in [-0.3, -0.25) is 0 Å². The lowest BCUT2D eigenvalue weighted by molar-refractivity contribution is 0.205. The van der Waals surface area contributed by atoms with Crippen LogP contribution in [0.4, 0.5) is 0 Å². The van der Waals surface area contributed by atoms with Gasteiger partial charge in [-0.1, -0.05) is 19.9 Å². The molecule has 1 saturated carbocycles. The van der Waals surface area contributed by atoms with Gasteiger partial charge in [-0.2, -0.15) is 0 Å². The molecule has 3 rings (SSSR count). The Morgan fingerprint density at radius 1 is 1.35 bits per heavy atom. The molecule has 1 aliphatic carbocycles. The van der Waals surface area contributed by atoms with Crippen molar-refractivity contribution in [1.29, 1.82) is 0 Å². The second-order valence-corrected chi connectivity index (χ2v) is 6.33. The van der Waals surface area contributed by atoms with E-state index in [0.29, 0.717) is 5.41 Å². The van der Waals surface area contributed by atoms with Crippen LogP contribution >= 0.6 is 0 Å². The van der Waals surface area contributed by atoms with Crippen molar-refractivity contribution in [3.8, 4) is 11.4 Å². The highest BCUT2D eigenvalue weighted by Gasteiger charge is 2.37. The minimum atomic E-state index is 0.419. The van der Waals surface area contributed by atoms with Crippen LogP contribution in [0.15, 0.2) is 43.0 Å². The zero-order valence-electron chi connectivity index (χ0n) is 12.2. The Bertz CT molecular complexity index is 556. The van der Waals surface area contributed by atoms with Crippen molar-refractivity contribution in [2.24, 2.45) is 11.3 Å². The summed E-state index contributed by atoms with van der Waals surface area (Å²) in [4.78, 5) is 4.07. The van der Waals surface area contributed by atoms with Crippen molar-refractivity contribution in [1.82, 2.24) is 9.55 Å². The summed E-state index contributed by atoms with van der Waals surface area (Å²) in [6.45, 7) is 5.50. The molecule has 3 nitrogen and oxygen atoms in total. The molecule has 0 N–H and O–H groups in total. The Morgan fingerprint density at radius 2 is 2.20 bits per heavy atom. The first-order valence-corrected chi connectivity index (χ1v) is 7.36. The van der Waals surface area contributed by atoms with Crippen molar-refractivity contribution in [2.45, 2.75) is 33.1 Å². The van der Waals surface area contributed by atoms with E-state index in [1.807, 2.05) is 22.9 Å². The molecule has 1 fully saturated rings. The molecule has 20 heavy (non-hydrogen) atoms. The highest BCUT2D eigenvalue weighted by molar-refractivity contribution is 5.39. The van der Waals surface area contributed by atoms with Gasteiger partial charge in [-0.05, 0) is 42.7 Å². The first-order valence-electron chi connectivity index (χ1n) is 7.36. The summed E-state index contributed by atoms with van der Waals surface area (Å²) in [5.41, 5.74) is 1.50. The number of aromatic nitrogens is 2. The molecule has 3 heteroatoms. The van der Waals surface area contributed by atoms with E-state index in [4.69, 9.17) is 4.74 Å². The van der Waals surface area contributed by atoms with Crippen molar-refractivity contribution in [3.63, 3.8) is 0 Å². The summed E-state index contributed by atoms with van der Waals surface area (Å²) < 4.78 is 7.91. The molecule has 106 valence electrons. The summed E-state index contributed by atoms with van der Waals surface area (Å²) in [5.74, 6) is 1.84. The average Bonchev–Trinajstić information content (AvgIpc) is 3.16. The Morgan fingerprint density at radius 3 is 2.90 bits per heavy atom. The van der Waals surface area contributed by atoms with Crippen LogP contribution in [0.3, 0.4) is 0 Å². The van der Waals surface area contributed by atoms with Crippen molar-refractivity contribution < 1.29 is 4.74 Å². The van der Waals surface area contributed by atoms with Gasteiger partial charge in [0.1, 0.15) is 5.75 Å². The molecule has 1 heterocycles. The summed E-state index contributed by atoms with van der Waals surface area (Å²) in [5, 5.41) is 0. The molecule has 0 radical (unpaired) electrons. The highest BCUT2D eigenvalue weighted by Crippen LogP contribution is 2.47. The van der Waals surface area contributed by atoms with Crippen molar-refractivity contribution in [2.75, 3.05) is 6.61 Å². The van der Waals surface area contributed by atoms with E-state index in [-0.39, 0.29) is 0 Å². The quantitative estimate of drug-likeness (QED) is 0.791. The molecule has 0 saturated heterocycles. The lowest BCUT2D eigenvalue weighted by Crippen LogP contribution is -2.18. The van der Waals surface area contributed by atoms with Crippen LogP contribution in [-0.2, 0) is 0 Å². The predicted molar refractivity (Wildman–Crippen MR) is 80.2 cm³/mol. The fourth-order valence-electron chi connectivity index (χ4n) is 2.65.